The van der Waals surface area contributed by atoms with E-state index in [4.69, 9.17) is 4.98 Å². The molecule has 2 saturated heterocycles. The zero-order chi connectivity index (χ0) is 18.9. The molecule has 5 heteroatoms. The molecule has 2 fully saturated rings. The Labute approximate surface area is 166 Å². The van der Waals surface area contributed by atoms with Gasteiger partial charge in [-0.15, -0.1) is 0 Å². The van der Waals surface area contributed by atoms with E-state index in [9.17, 15) is 5.11 Å². The number of rotatable bonds is 4. The Kier molecular flexibility index (Phi) is 4.79. The molecule has 3 heterocycles. The van der Waals surface area contributed by atoms with Gasteiger partial charge in [0.05, 0.1) is 11.0 Å². The molecule has 0 amide bonds. The summed E-state index contributed by atoms with van der Waals surface area (Å²) in [6.07, 6.45) is 3.50. The van der Waals surface area contributed by atoms with E-state index in [0.717, 1.165) is 51.1 Å². The fraction of sp³-hybridized carbons (Fsp3) is 0.435. The molecule has 2 aliphatic rings. The van der Waals surface area contributed by atoms with Crippen LogP contribution in [0.15, 0.2) is 48.5 Å². The van der Waals surface area contributed by atoms with Gasteiger partial charge in [0.2, 0.25) is 0 Å². The molecule has 1 aromatic heterocycles. The lowest BCUT2D eigenvalue weighted by molar-refractivity contribution is 0.179. The number of fused-ring (bicyclic) bond motifs is 1. The van der Waals surface area contributed by atoms with Gasteiger partial charge in [-0.25, -0.2) is 4.98 Å². The van der Waals surface area contributed by atoms with E-state index in [1.54, 1.807) is 12.1 Å². The first-order valence-electron chi connectivity index (χ1n) is 10.5. The third-order valence-electron chi connectivity index (χ3n) is 6.31. The van der Waals surface area contributed by atoms with E-state index in [1.807, 2.05) is 12.1 Å². The molecule has 0 spiro atoms. The Morgan fingerprint density at radius 1 is 1.00 bits per heavy atom. The number of piperidine rings is 1. The van der Waals surface area contributed by atoms with Crippen molar-refractivity contribution < 1.29 is 5.11 Å². The molecule has 0 saturated carbocycles. The first-order valence-corrected chi connectivity index (χ1v) is 10.5. The quantitative estimate of drug-likeness (QED) is 0.730. The number of nitrogens with zero attached hydrogens (tertiary/aromatic N) is 3. The summed E-state index contributed by atoms with van der Waals surface area (Å²) in [6, 6.07) is 16.7. The van der Waals surface area contributed by atoms with Gasteiger partial charge in [-0.3, -0.25) is 4.90 Å². The van der Waals surface area contributed by atoms with Crippen molar-refractivity contribution in [2.45, 2.75) is 37.8 Å². The van der Waals surface area contributed by atoms with Crippen molar-refractivity contribution in [2.75, 3.05) is 26.2 Å². The number of likely N-dealkylation sites (tertiary alicyclic amines) is 1. The number of aromatic nitrogens is 2. The summed E-state index contributed by atoms with van der Waals surface area (Å²) in [5.74, 6) is 2.15. The van der Waals surface area contributed by atoms with Crippen LogP contribution < -0.4 is 5.32 Å². The Balaban J connectivity index is 1.35. The SMILES string of the molecule is Oc1ccc(CN2CCC(n3c(C4CCNC4)nc4ccccc43)CC2)cc1. The van der Waals surface area contributed by atoms with E-state index in [0.29, 0.717) is 17.7 Å². The second-order valence-corrected chi connectivity index (χ2v) is 8.19. The molecule has 0 aliphatic carbocycles. The molecule has 5 rings (SSSR count). The van der Waals surface area contributed by atoms with Crippen LogP contribution in [0.25, 0.3) is 11.0 Å². The highest BCUT2D eigenvalue weighted by Crippen LogP contribution is 2.33. The predicted octanol–water partition coefficient (Wildman–Crippen LogP) is 3.66. The molecule has 0 radical (unpaired) electrons. The summed E-state index contributed by atoms with van der Waals surface area (Å²) < 4.78 is 2.56. The van der Waals surface area contributed by atoms with Crippen LogP contribution >= 0.6 is 0 Å². The van der Waals surface area contributed by atoms with Crippen LogP contribution in [0.5, 0.6) is 5.75 Å². The van der Waals surface area contributed by atoms with Gasteiger partial charge in [-0.05, 0) is 55.6 Å². The number of para-hydroxylation sites is 2. The van der Waals surface area contributed by atoms with Crippen molar-refractivity contribution in [3.05, 3.63) is 59.9 Å². The number of imidazole rings is 1. The normalized spacial score (nSPS) is 21.5. The van der Waals surface area contributed by atoms with Crippen molar-refractivity contribution in [3.63, 3.8) is 0 Å². The topological polar surface area (TPSA) is 53.3 Å². The number of phenolic OH excluding ortho intramolecular Hbond substituents is 1. The van der Waals surface area contributed by atoms with Crippen LogP contribution in [0.2, 0.25) is 0 Å². The van der Waals surface area contributed by atoms with Crippen LogP contribution in [0.1, 0.15) is 42.6 Å². The molecule has 28 heavy (non-hydrogen) atoms. The average Bonchev–Trinajstić information content (AvgIpc) is 3.38. The van der Waals surface area contributed by atoms with Crippen molar-refractivity contribution in [3.8, 4) is 5.75 Å². The van der Waals surface area contributed by atoms with E-state index >= 15 is 0 Å². The van der Waals surface area contributed by atoms with E-state index < -0.39 is 0 Å². The average molecular weight is 377 g/mol. The first-order chi connectivity index (χ1) is 13.8. The number of hydrogen-bond donors (Lipinski definition) is 2. The predicted molar refractivity (Wildman–Crippen MR) is 112 cm³/mol. The monoisotopic (exact) mass is 376 g/mol. The lowest BCUT2D eigenvalue weighted by atomic mass is 10.0. The standard InChI is InChI=1S/C23H28N4O/c28-20-7-5-17(6-8-20)16-26-13-10-19(11-14-26)27-22-4-2-1-3-21(22)25-23(27)18-9-12-24-15-18/h1-8,18-19,24,28H,9-16H2. The van der Waals surface area contributed by atoms with Gasteiger partial charge in [0.1, 0.15) is 11.6 Å². The van der Waals surface area contributed by atoms with Gasteiger partial charge in [0.25, 0.3) is 0 Å². The molecule has 1 unspecified atom stereocenters. The highest BCUT2D eigenvalue weighted by molar-refractivity contribution is 5.76. The molecule has 3 aromatic rings. The van der Waals surface area contributed by atoms with Gasteiger partial charge < -0.3 is 15.0 Å². The summed E-state index contributed by atoms with van der Waals surface area (Å²) in [7, 11) is 0. The van der Waals surface area contributed by atoms with Crippen molar-refractivity contribution in [2.24, 2.45) is 0 Å². The first kappa shape index (κ1) is 17.7. The zero-order valence-corrected chi connectivity index (χ0v) is 16.2. The van der Waals surface area contributed by atoms with E-state index in [1.165, 1.54) is 23.3 Å². The number of aromatic hydroxyl groups is 1. The van der Waals surface area contributed by atoms with Crippen molar-refractivity contribution in [1.82, 2.24) is 19.8 Å². The van der Waals surface area contributed by atoms with E-state index in [-0.39, 0.29) is 0 Å². The van der Waals surface area contributed by atoms with Gasteiger partial charge in [0, 0.05) is 38.1 Å². The van der Waals surface area contributed by atoms with Crippen LogP contribution in [0, 0.1) is 0 Å². The third-order valence-corrected chi connectivity index (χ3v) is 6.31. The number of nitrogens with one attached hydrogen (secondary N) is 1. The van der Waals surface area contributed by atoms with Gasteiger partial charge in [-0.1, -0.05) is 24.3 Å². The van der Waals surface area contributed by atoms with Crippen molar-refractivity contribution in [1.29, 1.82) is 0 Å². The molecule has 146 valence electrons. The van der Waals surface area contributed by atoms with E-state index in [2.05, 4.69) is 39.0 Å². The Hall–Kier alpha value is -2.37. The fourth-order valence-corrected chi connectivity index (χ4v) is 4.81. The minimum absolute atomic E-state index is 0.336. The molecule has 2 aromatic carbocycles. The summed E-state index contributed by atoms with van der Waals surface area (Å²) in [5.41, 5.74) is 3.69. The summed E-state index contributed by atoms with van der Waals surface area (Å²) in [5, 5.41) is 13.0. The molecular formula is C23H28N4O. The maximum Gasteiger partial charge on any atom is 0.115 e. The summed E-state index contributed by atoms with van der Waals surface area (Å²) in [4.78, 5) is 7.58. The summed E-state index contributed by atoms with van der Waals surface area (Å²) >= 11 is 0. The lowest BCUT2D eigenvalue weighted by Crippen LogP contribution is -2.34. The highest BCUT2D eigenvalue weighted by Gasteiger charge is 2.29. The third kappa shape index (κ3) is 3.40. The highest BCUT2D eigenvalue weighted by atomic mass is 16.3. The second-order valence-electron chi connectivity index (χ2n) is 8.19. The lowest BCUT2D eigenvalue weighted by Gasteiger charge is -2.34. The number of hydrogen-bond acceptors (Lipinski definition) is 4. The van der Waals surface area contributed by atoms with Gasteiger partial charge >= 0.3 is 0 Å². The Morgan fingerprint density at radius 3 is 2.54 bits per heavy atom. The van der Waals surface area contributed by atoms with Gasteiger partial charge in [-0.2, -0.15) is 0 Å². The second kappa shape index (κ2) is 7.57. The molecule has 2 aliphatic heterocycles. The number of benzene rings is 2. The zero-order valence-electron chi connectivity index (χ0n) is 16.2. The summed E-state index contributed by atoms with van der Waals surface area (Å²) in [6.45, 7) is 5.29. The van der Waals surface area contributed by atoms with Crippen LogP contribution in [0.4, 0.5) is 0 Å². The maximum atomic E-state index is 9.48. The molecule has 1 atom stereocenters. The maximum absolute atomic E-state index is 9.48. The fourth-order valence-electron chi connectivity index (χ4n) is 4.81. The van der Waals surface area contributed by atoms with Crippen LogP contribution in [-0.4, -0.2) is 45.7 Å². The van der Waals surface area contributed by atoms with Crippen LogP contribution in [0.3, 0.4) is 0 Å². The minimum atomic E-state index is 0.336. The number of phenols is 1. The largest absolute Gasteiger partial charge is 0.508 e. The molecule has 0 bridgehead atoms. The molecule has 5 nitrogen and oxygen atoms in total. The Morgan fingerprint density at radius 2 is 1.79 bits per heavy atom. The minimum Gasteiger partial charge on any atom is -0.508 e. The molecule has 2 N–H and O–H groups in total. The van der Waals surface area contributed by atoms with Crippen LogP contribution in [-0.2, 0) is 6.54 Å². The van der Waals surface area contributed by atoms with Crippen molar-refractivity contribution >= 4 is 11.0 Å². The Bertz CT molecular complexity index is 935. The van der Waals surface area contributed by atoms with Gasteiger partial charge in [0.15, 0.2) is 0 Å². The smallest absolute Gasteiger partial charge is 0.115 e. The molecular weight excluding hydrogens is 348 g/mol.